The summed E-state index contributed by atoms with van der Waals surface area (Å²) in [6, 6.07) is 5.26. The highest BCUT2D eigenvalue weighted by atomic mass is 19.1. The van der Waals surface area contributed by atoms with Gasteiger partial charge >= 0.3 is 0 Å². The topological polar surface area (TPSA) is 26.0 Å². The first kappa shape index (κ1) is 9.66. The number of halogens is 1. The van der Waals surface area contributed by atoms with Gasteiger partial charge in [-0.15, -0.1) is 0 Å². The Bertz CT molecular complexity index is 331. The molecule has 0 spiro atoms. The van der Waals surface area contributed by atoms with Crippen molar-refractivity contribution in [1.82, 2.24) is 0 Å². The van der Waals surface area contributed by atoms with Crippen LogP contribution < -0.4 is 5.73 Å². The van der Waals surface area contributed by atoms with Gasteiger partial charge in [0.2, 0.25) is 0 Å². The van der Waals surface area contributed by atoms with Crippen LogP contribution in [-0.4, -0.2) is 0 Å². The van der Waals surface area contributed by atoms with Crippen molar-refractivity contribution in [3.05, 3.63) is 35.1 Å². The predicted molar refractivity (Wildman–Crippen MR) is 55.4 cm³/mol. The maximum absolute atomic E-state index is 13.0. The molecule has 2 rings (SSSR count). The molecule has 1 fully saturated rings. The number of hydrogen-bond donors (Lipinski definition) is 1. The molecule has 1 aliphatic carbocycles. The van der Waals surface area contributed by atoms with Crippen LogP contribution in [0.15, 0.2) is 18.2 Å². The van der Waals surface area contributed by atoms with Crippen LogP contribution >= 0.6 is 0 Å². The minimum Gasteiger partial charge on any atom is -0.324 e. The summed E-state index contributed by atoms with van der Waals surface area (Å²) in [5.41, 5.74) is 7.79. The third-order valence-electron chi connectivity index (χ3n) is 2.89. The van der Waals surface area contributed by atoms with Crippen molar-refractivity contribution in [2.45, 2.75) is 32.2 Å². The Labute approximate surface area is 84.1 Å². The normalized spacial score (nSPS) is 18.2. The Morgan fingerprint density at radius 2 is 2.21 bits per heavy atom. The lowest BCUT2D eigenvalue weighted by atomic mass is 10.0. The van der Waals surface area contributed by atoms with Gasteiger partial charge in [-0.3, -0.25) is 0 Å². The van der Waals surface area contributed by atoms with Crippen molar-refractivity contribution < 1.29 is 4.39 Å². The van der Waals surface area contributed by atoms with E-state index in [9.17, 15) is 4.39 Å². The second-order valence-electron chi connectivity index (χ2n) is 4.29. The molecular formula is C12H16FN. The fourth-order valence-corrected chi connectivity index (χ4v) is 1.75. The second-order valence-corrected chi connectivity index (χ2v) is 4.29. The summed E-state index contributed by atoms with van der Waals surface area (Å²) in [4.78, 5) is 0. The van der Waals surface area contributed by atoms with E-state index in [1.54, 1.807) is 13.0 Å². The van der Waals surface area contributed by atoms with Gasteiger partial charge in [0.15, 0.2) is 0 Å². The van der Waals surface area contributed by atoms with Crippen molar-refractivity contribution in [2.75, 3.05) is 0 Å². The molecule has 1 saturated carbocycles. The molecule has 0 aromatic heterocycles. The molecule has 1 nitrogen and oxygen atoms in total. The largest absolute Gasteiger partial charge is 0.324 e. The quantitative estimate of drug-likeness (QED) is 0.784. The second kappa shape index (κ2) is 3.70. The smallest absolute Gasteiger partial charge is 0.126 e. The number of hydrogen-bond acceptors (Lipinski definition) is 1. The molecule has 0 bridgehead atoms. The Hall–Kier alpha value is -0.890. The first-order chi connectivity index (χ1) is 6.66. The van der Waals surface area contributed by atoms with Gasteiger partial charge in [0.05, 0.1) is 0 Å². The average molecular weight is 193 g/mol. The Balaban J connectivity index is 2.10. The minimum absolute atomic E-state index is 0.0850. The van der Waals surface area contributed by atoms with Gasteiger partial charge in [-0.2, -0.15) is 0 Å². The molecule has 0 heterocycles. The SMILES string of the molecule is Cc1cc([C@H](N)CC2CC2)ccc1F. The molecule has 1 aromatic carbocycles. The summed E-state index contributed by atoms with van der Waals surface area (Å²) in [6.45, 7) is 1.78. The van der Waals surface area contributed by atoms with Gasteiger partial charge in [0.1, 0.15) is 5.82 Å². The molecule has 0 saturated heterocycles. The van der Waals surface area contributed by atoms with E-state index in [-0.39, 0.29) is 11.9 Å². The van der Waals surface area contributed by atoms with E-state index in [1.165, 1.54) is 18.9 Å². The highest BCUT2D eigenvalue weighted by Gasteiger charge is 2.24. The first-order valence-corrected chi connectivity index (χ1v) is 5.18. The lowest BCUT2D eigenvalue weighted by Gasteiger charge is -2.12. The number of aryl methyl sites for hydroxylation is 1. The first-order valence-electron chi connectivity index (χ1n) is 5.18. The van der Waals surface area contributed by atoms with Crippen LogP contribution in [0.3, 0.4) is 0 Å². The number of rotatable bonds is 3. The van der Waals surface area contributed by atoms with Crippen molar-refractivity contribution in [2.24, 2.45) is 11.7 Å². The molecule has 14 heavy (non-hydrogen) atoms. The van der Waals surface area contributed by atoms with E-state index >= 15 is 0 Å². The third kappa shape index (κ3) is 2.13. The van der Waals surface area contributed by atoms with Crippen LogP contribution in [0, 0.1) is 18.7 Å². The van der Waals surface area contributed by atoms with Crippen molar-refractivity contribution in [3.63, 3.8) is 0 Å². The summed E-state index contributed by atoms with van der Waals surface area (Å²) in [5, 5.41) is 0. The molecule has 1 atom stereocenters. The minimum atomic E-state index is -0.146. The monoisotopic (exact) mass is 193 g/mol. The van der Waals surface area contributed by atoms with Crippen molar-refractivity contribution >= 4 is 0 Å². The van der Waals surface area contributed by atoms with Gasteiger partial charge in [-0.25, -0.2) is 4.39 Å². The molecule has 0 amide bonds. The summed E-state index contributed by atoms with van der Waals surface area (Å²) in [7, 11) is 0. The summed E-state index contributed by atoms with van der Waals surface area (Å²) in [5.74, 6) is 0.669. The molecular weight excluding hydrogens is 177 g/mol. The lowest BCUT2D eigenvalue weighted by molar-refractivity contribution is 0.588. The molecule has 0 aliphatic heterocycles. The van der Waals surface area contributed by atoms with Gasteiger partial charge in [-0.05, 0) is 36.5 Å². The van der Waals surface area contributed by atoms with E-state index in [0.29, 0.717) is 5.56 Å². The Morgan fingerprint density at radius 1 is 1.50 bits per heavy atom. The Kier molecular flexibility index (Phi) is 2.55. The van der Waals surface area contributed by atoms with Gasteiger partial charge in [0, 0.05) is 6.04 Å². The zero-order valence-corrected chi connectivity index (χ0v) is 8.46. The highest BCUT2D eigenvalue weighted by molar-refractivity contribution is 5.26. The fraction of sp³-hybridized carbons (Fsp3) is 0.500. The maximum atomic E-state index is 13.0. The molecule has 2 N–H and O–H groups in total. The molecule has 1 aromatic rings. The summed E-state index contributed by atoms with van der Waals surface area (Å²) >= 11 is 0. The highest BCUT2D eigenvalue weighted by Crippen LogP contribution is 2.36. The molecule has 0 radical (unpaired) electrons. The summed E-state index contributed by atoms with van der Waals surface area (Å²) < 4.78 is 13.0. The van der Waals surface area contributed by atoms with Crippen molar-refractivity contribution in [3.8, 4) is 0 Å². The van der Waals surface area contributed by atoms with Crippen molar-refractivity contribution in [1.29, 1.82) is 0 Å². The number of nitrogens with two attached hydrogens (primary N) is 1. The van der Waals surface area contributed by atoms with Gasteiger partial charge in [-0.1, -0.05) is 25.0 Å². The van der Waals surface area contributed by atoms with Crippen LogP contribution in [0.25, 0.3) is 0 Å². The maximum Gasteiger partial charge on any atom is 0.126 e. The van der Waals surface area contributed by atoms with Crippen LogP contribution in [0.4, 0.5) is 4.39 Å². The number of benzene rings is 1. The van der Waals surface area contributed by atoms with E-state index in [2.05, 4.69) is 0 Å². The van der Waals surface area contributed by atoms with E-state index in [4.69, 9.17) is 5.73 Å². The Morgan fingerprint density at radius 3 is 2.79 bits per heavy atom. The van der Waals surface area contributed by atoms with Crippen LogP contribution in [0.2, 0.25) is 0 Å². The molecule has 0 unspecified atom stereocenters. The molecule has 76 valence electrons. The van der Waals surface area contributed by atoms with Gasteiger partial charge in [0.25, 0.3) is 0 Å². The van der Waals surface area contributed by atoms with Crippen LogP contribution in [0.5, 0.6) is 0 Å². The van der Waals surface area contributed by atoms with Crippen LogP contribution in [-0.2, 0) is 0 Å². The van der Waals surface area contributed by atoms with E-state index in [0.717, 1.165) is 17.9 Å². The standard InChI is InChI=1S/C12H16FN/c1-8-6-10(4-5-11(8)13)12(14)7-9-2-3-9/h4-6,9,12H,2-3,7,14H2,1H3/t12-/m1/s1. The fourth-order valence-electron chi connectivity index (χ4n) is 1.75. The lowest BCUT2D eigenvalue weighted by Crippen LogP contribution is -2.11. The van der Waals surface area contributed by atoms with E-state index in [1.807, 2.05) is 6.07 Å². The van der Waals surface area contributed by atoms with E-state index < -0.39 is 0 Å². The zero-order valence-electron chi connectivity index (χ0n) is 8.46. The molecule has 1 aliphatic rings. The molecule has 2 heteroatoms. The van der Waals surface area contributed by atoms with Gasteiger partial charge < -0.3 is 5.73 Å². The summed E-state index contributed by atoms with van der Waals surface area (Å²) in [6.07, 6.45) is 3.67. The van der Waals surface area contributed by atoms with Crippen LogP contribution in [0.1, 0.15) is 36.4 Å². The average Bonchev–Trinajstić information content (AvgIpc) is 2.93. The predicted octanol–water partition coefficient (Wildman–Crippen LogP) is 2.93. The zero-order chi connectivity index (χ0) is 10.1. The third-order valence-corrected chi connectivity index (χ3v) is 2.89.